The number of hydrogen-bond acceptors (Lipinski definition) is 4. The van der Waals surface area contributed by atoms with E-state index in [1.54, 1.807) is 23.1 Å². The van der Waals surface area contributed by atoms with Gasteiger partial charge in [-0.15, -0.1) is 0 Å². The fraction of sp³-hybridized carbons (Fsp3) is 0. The monoisotopic (exact) mass is 387 g/mol. The van der Waals surface area contributed by atoms with Gasteiger partial charge in [0.05, 0.1) is 23.8 Å². The number of amides is 1. The van der Waals surface area contributed by atoms with Crippen molar-refractivity contribution in [3.8, 4) is 5.69 Å². The van der Waals surface area contributed by atoms with Gasteiger partial charge in [0.25, 0.3) is 5.91 Å². The number of carbonyl (C=O) groups is 2. The minimum Gasteiger partial charge on any atom is -1.00 e. The largest absolute Gasteiger partial charge is 1.00 e. The Hall–Kier alpha value is -2.30. The normalized spacial score (nSPS) is 10.4. The zero-order valence-corrected chi connectivity index (χ0v) is 17.5. The molecule has 8 nitrogen and oxygen atoms in total. The number of hydrogen-bond donors (Lipinski definition) is 2. The van der Waals surface area contributed by atoms with Crippen LogP contribution in [-0.4, -0.2) is 35.9 Å². The molecule has 1 aromatic carbocycles. The zero-order valence-electron chi connectivity index (χ0n) is 15.4. The number of imidazole rings is 2. The molecule has 0 fully saturated rings. The van der Waals surface area contributed by atoms with Crippen LogP contribution in [0.1, 0.15) is 22.1 Å². The molecule has 0 unspecified atom stereocenters. The first-order valence-electron chi connectivity index (χ1n) is 7.72. The summed E-state index contributed by atoms with van der Waals surface area (Å²) in [7, 11) is 0. The fourth-order valence-corrected chi connectivity index (χ4v) is 2.56. The Bertz CT molecular complexity index is 1110. The summed E-state index contributed by atoms with van der Waals surface area (Å²) in [5, 5.41) is 11.6. The summed E-state index contributed by atoms with van der Waals surface area (Å²) in [6.07, 6.45) is 8.81. The molecule has 1 amide bonds. The van der Waals surface area contributed by atoms with Crippen LogP contribution in [0.2, 0.25) is 0 Å². The second-order valence-corrected chi connectivity index (χ2v) is 5.59. The van der Waals surface area contributed by atoms with E-state index in [2.05, 4.69) is 15.3 Å². The molecule has 2 N–H and O–H groups in total. The van der Waals surface area contributed by atoms with Crippen molar-refractivity contribution >= 4 is 23.3 Å². The second kappa shape index (κ2) is 8.15. The number of pyridine rings is 1. The number of fused-ring (bicyclic) bond motifs is 1. The predicted octanol–water partition coefficient (Wildman–Crippen LogP) is -0.413. The van der Waals surface area contributed by atoms with E-state index >= 15 is 0 Å². The number of aromatic carboxylic acids is 1. The third-order valence-corrected chi connectivity index (χ3v) is 3.87. The molecule has 4 rings (SSSR count). The maximum Gasteiger partial charge on any atom is 1.00 e. The van der Waals surface area contributed by atoms with E-state index in [1.165, 1.54) is 24.3 Å². The number of nitrogens with zero attached hydrogens (tertiary/aromatic N) is 4. The minimum absolute atomic E-state index is 0. The molecule has 0 saturated heterocycles. The Morgan fingerprint density at radius 2 is 1.78 bits per heavy atom. The third-order valence-electron chi connectivity index (χ3n) is 3.87. The van der Waals surface area contributed by atoms with Gasteiger partial charge >= 0.3 is 57.4 Å². The summed E-state index contributed by atoms with van der Waals surface area (Å²) in [6.45, 7) is 0. The van der Waals surface area contributed by atoms with Crippen molar-refractivity contribution in [1.82, 2.24) is 18.9 Å². The second-order valence-electron chi connectivity index (χ2n) is 5.59. The van der Waals surface area contributed by atoms with Gasteiger partial charge in [-0.25, -0.2) is 14.8 Å². The molecule has 0 spiro atoms. The van der Waals surface area contributed by atoms with Gasteiger partial charge in [-0.3, -0.25) is 4.79 Å². The molecule has 0 aliphatic heterocycles. The Balaban J connectivity index is 0.00000140. The van der Waals surface area contributed by atoms with Crippen molar-refractivity contribution in [3.63, 3.8) is 0 Å². The van der Waals surface area contributed by atoms with Gasteiger partial charge in [0, 0.05) is 24.2 Å². The van der Waals surface area contributed by atoms with Crippen LogP contribution in [0.15, 0.2) is 67.5 Å². The number of carboxylic acid groups (broad SMARTS) is 1. The van der Waals surface area contributed by atoms with Gasteiger partial charge in [-0.2, -0.15) is 0 Å². The van der Waals surface area contributed by atoms with Crippen LogP contribution in [0.25, 0.3) is 11.3 Å². The van der Waals surface area contributed by atoms with Crippen molar-refractivity contribution < 1.29 is 67.5 Å². The van der Waals surface area contributed by atoms with Crippen molar-refractivity contribution in [2.45, 2.75) is 0 Å². The quantitative estimate of drug-likeness (QED) is 0.464. The number of carbonyl (C=O) groups excluding carboxylic acids is 1. The van der Waals surface area contributed by atoms with Gasteiger partial charge in [-0.1, -0.05) is 0 Å². The Kier molecular flexibility index (Phi) is 5.87. The first-order chi connectivity index (χ1) is 12.6. The van der Waals surface area contributed by atoms with Gasteiger partial charge in [0.15, 0.2) is 5.82 Å². The van der Waals surface area contributed by atoms with Crippen molar-refractivity contribution in [3.05, 3.63) is 78.6 Å². The summed E-state index contributed by atoms with van der Waals surface area (Å²) < 4.78 is 3.67. The Labute approximate surface area is 197 Å². The number of carboxylic acids is 1. The summed E-state index contributed by atoms with van der Waals surface area (Å²) >= 11 is 0. The Morgan fingerprint density at radius 1 is 1.04 bits per heavy atom. The van der Waals surface area contributed by atoms with Crippen LogP contribution in [0.5, 0.6) is 0 Å². The number of nitrogens with one attached hydrogen (secondary N) is 1. The van der Waals surface area contributed by atoms with Crippen molar-refractivity contribution in [2.75, 3.05) is 5.32 Å². The van der Waals surface area contributed by atoms with E-state index in [9.17, 15) is 9.59 Å². The summed E-state index contributed by atoms with van der Waals surface area (Å²) in [5.74, 6) is -0.994. The van der Waals surface area contributed by atoms with Crippen LogP contribution >= 0.6 is 0 Å². The molecule has 130 valence electrons. The SMILES string of the molecule is O=C(O)c1ccc(C(=O)Nc2cn3cc(-n4ccnc4)ccc3n2)cc1.[H-].[K+]. The van der Waals surface area contributed by atoms with Gasteiger partial charge in [-0.05, 0) is 36.4 Å². The van der Waals surface area contributed by atoms with Gasteiger partial charge in [0.1, 0.15) is 5.65 Å². The molecular weight excluding hydrogens is 373 g/mol. The Morgan fingerprint density at radius 3 is 2.44 bits per heavy atom. The molecule has 0 bridgehead atoms. The molecular formula is C18H14KN5O3. The zero-order chi connectivity index (χ0) is 18.1. The number of anilines is 1. The maximum atomic E-state index is 12.3. The number of aromatic nitrogens is 4. The molecule has 9 heteroatoms. The molecule has 3 heterocycles. The van der Waals surface area contributed by atoms with Crippen LogP contribution in [0.4, 0.5) is 5.82 Å². The minimum atomic E-state index is -1.04. The van der Waals surface area contributed by atoms with E-state index in [0.29, 0.717) is 17.0 Å². The standard InChI is InChI=1S/C18H13N5O3.K.H/c24-17(12-1-3-13(4-2-12)18(25)26)21-15-10-23-9-14(5-6-16(23)20-15)22-8-7-19-11-22;;/h1-11H,(H,21,24)(H,25,26);;/q;+1;-1. The first-order valence-corrected chi connectivity index (χ1v) is 7.72. The fourth-order valence-electron chi connectivity index (χ4n) is 2.56. The molecule has 0 aliphatic carbocycles. The third kappa shape index (κ3) is 4.17. The molecule has 0 atom stereocenters. The molecule has 4 aromatic rings. The summed E-state index contributed by atoms with van der Waals surface area (Å²) in [4.78, 5) is 31.5. The van der Waals surface area contributed by atoms with E-state index in [1.807, 2.05) is 29.1 Å². The molecule has 3 aromatic heterocycles. The van der Waals surface area contributed by atoms with Crippen LogP contribution in [0.3, 0.4) is 0 Å². The van der Waals surface area contributed by atoms with E-state index in [0.717, 1.165) is 5.69 Å². The molecule has 0 aliphatic rings. The smallest absolute Gasteiger partial charge is 1.00 e. The predicted molar refractivity (Wildman–Crippen MR) is 94.8 cm³/mol. The number of rotatable bonds is 4. The summed E-state index contributed by atoms with van der Waals surface area (Å²) in [6, 6.07) is 9.45. The molecule has 0 saturated carbocycles. The van der Waals surface area contributed by atoms with Gasteiger partial charge < -0.3 is 20.8 Å². The first kappa shape index (κ1) is 19.5. The summed E-state index contributed by atoms with van der Waals surface area (Å²) in [5.41, 5.74) is 2.08. The van der Waals surface area contributed by atoms with E-state index in [4.69, 9.17) is 5.11 Å². The molecule has 27 heavy (non-hydrogen) atoms. The maximum absolute atomic E-state index is 12.3. The number of benzene rings is 1. The average molecular weight is 387 g/mol. The van der Waals surface area contributed by atoms with Crippen molar-refractivity contribution in [2.24, 2.45) is 0 Å². The van der Waals surface area contributed by atoms with E-state index < -0.39 is 5.97 Å². The van der Waals surface area contributed by atoms with Gasteiger partial charge in [0.2, 0.25) is 0 Å². The average Bonchev–Trinajstić information content (AvgIpc) is 3.30. The van der Waals surface area contributed by atoms with Crippen LogP contribution in [0, 0.1) is 0 Å². The van der Waals surface area contributed by atoms with Crippen molar-refractivity contribution in [1.29, 1.82) is 0 Å². The van der Waals surface area contributed by atoms with Crippen LogP contribution < -0.4 is 56.7 Å². The topological polar surface area (TPSA) is 102 Å². The molecule has 0 radical (unpaired) electrons. The van der Waals surface area contributed by atoms with Crippen LogP contribution in [-0.2, 0) is 0 Å². The van der Waals surface area contributed by atoms with E-state index in [-0.39, 0.29) is 64.3 Å².